The van der Waals surface area contributed by atoms with E-state index in [2.05, 4.69) is 45.5 Å². The number of rotatable bonds is 11. The second-order valence-electron chi connectivity index (χ2n) is 5.84. The van der Waals surface area contributed by atoms with E-state index in [0.29, 0.717) is 5.92 Å². The minimum Gasteiger partial charge on any atom is -0.383 e. The summed E-state index contributed by atoms with van der Waals surface area (Å²) in [5.74, 6) is 1.33. The molecule has 1 aliphatic carbocycles. The zero-order chi connectivity index (χ0) is 14.9. The van der Waals surface area contributed by atoms with Gasteiger partial charge in [-0.1, -0.05) is 34.1 Å². The van der Waals surface area contributed by atoms with Gasteiger partial charge in [0, 0.05) is 31.3 Å². The number of hydrogen-bond donors (Lipinski definition) is 1. The molecule has 1 aromatic carbocycles. The Labute approximate surface area is 136 Å². The Bertz CT molecular complexity index is 410. The topological polar surface area (TPSA) is 30.5 Å². The van der Waals surface area contributed by atoms with Crippen molar-refractivity contribution in [3.05, 3.63) is 34.3 Å². The third-order valence-corrected chi connectivity index (χ3v) is 4.56. The SMILES string of the molecule is COCCNCC(COCC1CC1)Cc1ccccc1Br. The zero-order valence-corrected chi connectivity index (χ0v) is 14.4. The first-order valence-electron chi connectivity index (χ1n) is 7.80. The third kappa shape index (κ3) is 6.92. The van der Waals surface area contributed by atoms with E-state index in [9.17, 15) is 0 Å². The lowest BCUT2D eigenvalue weighted by atomic mass is 10.00. The molecular formula is C17H26BrNO2. The normalized spacial score (nSPS) is 16.1. The molecule has 0 amide bonds. The van der Waals surface area contributed by atoms with E-state index in [4.69, 9.17) is 9.47 Å². The molecule has 1 fully saturated rings. The second kappa shape index (κ2) is 9.57. The van der Waals surface area contributed by atoms with Gasteiger partial charge in [0.15, 0.2) is 0 Å². The monoisotopic (exact) mass is 355 g/mol. The van der Waals surface area contributed by atoms with E-state index in [1.165, 1.54) is 22.9 Å². The van der Waals surface area contributed by atoms with Gasteiger partial charge in [-0.2, -0.15) is 0 Å². The van der Waals surface area contributed by atoms with Gasteiger partial charge in [0.05, 0.1) is 13.2 Å². The number of methoxy groups -OCH3 is 1. The average Bonchev–Trinajstić information content (AvgIpc) is 3.30. The molecule has 4 heteroatoms. The Balaban J connectivity index is 1.79. The Hall–Kier alpha value is -0.420. The summed E-state index contributed by atoms with van der Waals surface area (Å²) in [6.45, 7) is 4.38. The first-order chi connectivity index (χ1) is 10.3. The summed E-state index contributed by atoms with van der Waals surface area (Å²) in [5, 5.41) is 3.46. The van der Waals surface area contributed by atoms with Crippen molar-refractivity contribution in [2.24, 2.45) is 11.8 Å². The lowest BCUT2D eigenvalue weighted by Gasteiger charge is -2.19. The van der Waals surface area contributed by atoms with Crippen LogP contribution in [0.25, 0.3) is 0 Å². The molecule has 0 bridgehead atoms. The van der Waals surface area contributed by atoms with Crippen molar-refractivity contribution in [3.63, 3.8) is 0 Å². The van der Waals surface area contributed by atoms with E-state index in [1.54, 1.807) is 7.11 Å². The largest absolute Gasteiger partial charge is 0.383 e. The van der Waals surface area contributed by atoms with Gasteiger partial charge in [0.1, 0.15) is 0 Å². The van der Waals surface area contributed by atoms with Crippen LogP contribution in [0.1, 0.15) is 18.4 Å². The van der Waals surface area contributed by atoms with Crippen LogP contribution in [0.2, 0.25) is 0 Å². The molecule has 2 rings (SSSR count). The minimum absolute atomic E-state index is 0.499. The van der Waals surface area contributed by atoms with Crippen LogP contribution < -0.4 is 5.32 Å². The smallest absolute Gasteiger partial charge is 0.0587 e. The van der Waals surface area contributed by atoms with Crippen LogP contribution in [0.15, 0.2) is 28.7 Å². The fourth-order valence-corrected chi connectivity index (χ4v) is 2.78. The number of benzene rings is 1. The average molecular weight is 356 g/mol. The Morgan fingerprint density at radius 1 is 1.33 bits per heavy atom. The minimum atomic E-state index is 0.499. The lowest BCUT2D eigenvalue weighted by molar-refractivity contribution is 0.0897. The third-order valence-electron chi connectivity index (χ3n) is 3.79. The fourth-order valence-electron chi connectivity index (χ4n) is 2.33. The van der Waals surface area contributed by atoms with Gasteiger partial charge in [-0.25, -0.2) is 0 Å². The number of hydrogen-bond acceptors (Lipinski definition) is 3. The van der Waals surface area contributed by atoms with Crippen LogP contribution in [-0.2, 0) is 15.9 Å². The van der Waals surface area contributed by atoms with Crippen molar-refractivity contribution in [1.29, 1.82) is 0 Å². The number of ether oxygens (including phenoxy) is 2. The molecule has 0 radical (unpaired) electrons. The van der Waals surface area contributed by atoms with E-state index >= 15 is 0 Å². The molecule has 1 N–H and O–H groups in total. The van der Waals surface area contributed by atoms with E-state index in [-0.39, 0.29) is 0 Å². The molecule has 1 saturated carbocycles. The van der Waals surface area contributed by atoms with Gasteiger partial charge < -0.3 is 14.8 Å². The van der Waals surface area contributed by atoms with Crippen LogP contribution in [0.4, 0.5) is 0 Å². The van der Waals surface area contributed by atoms with Gasteiger partial charge >= 0.3 is 0 Å². The van der Waals surface area contributed by atoms with Crippen molar-refractivity contribution in [3.8, 4) is 0 Å². The molecule has 0 aliphatic heterocycles. The molecule has 1 aliphatic rings. The Morgan fingerprint density at radius 3 is 2.86 bits per heavy atom. The molecule has 0 spiro atoms. The standard InChI is InChI=1S/C17H26BrNO2/c1-20-9-8-19-11-15(13-21-12-14-6-7-14)10-16-4-2-3-5-17(16)18/h2-5,14-15,19H,6-13H2,1H3. The van der Waals surface area contributed by atoms with Crippen molar-refractivity contribution < 1.29 is 9.47 Å². The maximum absolute atomic E-state index is 5.90. The summed E-state index contributed by atoms with van der Waals surface area (Å²) in [6.07, 6.45) is 3.73. The highest BCUT2D eigenvalue weighted by Crippen LogP contribution is 2.29. The van der Waals surface area contributed by atoms with E-state index in [0.717, 1.165) is 45.2 Å². The molecule has 1 atom stereocenters. The van der Waals surface area contributed by atoms with Gasteiger partial charge in [0.2, 0.25) is 0 Å². The summed E-state index contributed by atoms with van der Waals surface area (Å²) in [7, 11) is 1.74. The lowest BCUT2D eigenvalue weighted by Crippen LogP contribution is -2.30. The number of nitrogens with one attached hydrogen (secondary N) is 1. The van der Waals surface area contributed by atoms with Gasteiger partial charge in [-0.3, -0.25) is 0 Å². The quantitative estimate of drug-likeness (QED) is 0.618. The molecule has 1 unspecified atom stereocenters. The first-order valence-corrected chi connectivity index (χ1v) is 8.59. The highest BCUT2D eigenvalue weighted by molar-refractivity contribution is 9.10. The molecule has 0 saturated heterocycles. The number of halogens is 1. The molecule has 3 nitrogen and oxygen atoms in total. The van der Waals surface area contributed by atoms with Gasteiger partial charge in [0.25, 0.3) is 0 Å². The second-order valence-corrected chi connectivity index (χ2v) is 6.69. The van der Waals surface area contributed by atoms with Crippen LogP contribution in [0, 0.1) is 11.8 Å². The highest BCUT2D eigenvalue weighted by Gasteiger charge is 2.22. The molecular weight excluding hydrogens is 330 g/mol. The van der Waals surface area contributed by atoms with Crippen LogP contribution >= 0.6 is 15.9 Å². The highest BCUT2D eigenvalue weighted by atomic mass is 79.9. The summed E-state index contributed by atoms with van der Waals surface area (Å²) in [5.41, 5.74) is 1.35. The maximum Gasteiger partial charge on any atom is 0.0587 e. The summed E-state index contributed by atoms with van der Waals surface area (Å²) < 4.78 is 12.2. The van der Waals surface area contributed by atoms with Crippen molar-refractivity contribution >= 4 is 15.9 Å². The molecule has 118 valence electrons. The van der Waals surface area contributed by atoms with Crippen molar-refractivity contribution in [1.82, 2.24) is 5.32 Å². The van der Waals surface area contributed by atoms with Crippen molar-refractivity contribution in [2.75, 3.05) is 40.0 Å². The van der Waals surface area contributed by atoms with Crippen LogP contribution in [-0.4, -0.2) is 40.0 Å². The first kappa shape index (κ1) is 16.9. The molecule has 0 heterocycles. The maximum atomic E-state index is 5.90. The van der Waals surface area contributed by atoms with Crippen molar-refractivity contribution in [2.45, 2.75) is 19.3 Å². The predicted octanol–water partition coefficient (Wildman–Crippen LogP) is 3.27. The van der Waals surface area contributed by atoms with Crippen LogP contribution in [0.5, 0.6) is 0 Å². The Kier molecular flexibility index (Phi) is 7.72. The molecule has 1 aromatic rings. The Morgan fingerprint density at radius 2 is 2.14 bits per heavy atom. The summed E-state index contributed by atoms with van der Waals surface area (Å²) >= 11 is 3.64. The zero-order valence-electron chi connectivity index (χ0n) is 12.8. The molecule has 0 aromatic heterocycles. The molecule has 21 heavy (non-hydrogen) atoms. The van der Waals surface area contributed by atoms with E-state index in [1.807, 2.05) is 0 Å². The van der Waals surface area contributed by atoms with Crippen LogP contribution in [0.3, 0.4) is 0 Å². The predicted molar refractivity (Wildman–Crippen MR) is 89.6 cm³/mol. The summed E-state index contributed by atoms with van der Waals surface area (Å²) in [4.78, 5) is 0. The van der Waals surface area contributed by atoms with Gasteiger partial charge in [-0.15, -0.1) is 0 Å². The van der Waals surface area contributed by atoms with E-state index < -0.39 is 0 Å². The van der Waals surface area contributed by atoms with Gasteiger partial charge in [-0.05, 0) is 42.7 Å². The fraction of sp³-hybridized carbons (Fsp3) is 0.647. The summed E-state index contributed by atoms with van der Waals surface area (Å²) in [6, 6.07) is 8.45.